The number of hydrogen-bond acceptors (Lipinski definition) is 3. The SMILES string of the molecule is COc1c(Br)ccc2c(SC)csc12. The molecule has 4 heteroatoms. The fourth-order valence-electron chi connectivity index (χ4n) is 1.37. The van der Waals surface area contributed by atoms with Gasteiger partial charge < -0.3 is 4.74 Å². The first-order valence-electron chi connectivity index (χ1n) is 4.05. The van der Waals surface area contributed by atoms with Gasteiger partial charge in [0.25, 0.3) is 0 Å². The number of rotatable bonds is 2. The predicted octanol–water partition coefficient (Wildman–Crippen LogP) is 4.39. The Hall–Kier alpha value is -0.190. The first-order valence-corrected chi connectivity index (χ1v) is 6.95. The molecule has 0 amide bonds. The quantitative estimate of drug-likeness (QED) is 0.758. The zero-order valence-electron chi connectivity index (χ0n) is 7.83. The highest BCUT2D eigenvalue weighted by Crippen LogP contribution is 2.41. The summed E-state index contributed by atoms with van der Waals surface area (Å²) in [5.74, 6) is 0.938. The van der Waals surface area contributed by atoms with Crippen molar-refractivity contribution in [2.45, 2.75) is 4.90 Å². The summed E-state index contributed by atoms with van der Waals surface area (Å²) in [6.45, 7) is 0. The molecule has 0 atom stereocenters. The summed E-state index contributed by atoms with van der Waals surface area (Å²) in [6.07, 6.45) is 2.09. The van der Waals surface area contributed by atoms with Crippen LogP contribution in [-0.2, 0) is 0 Å². The minimum absolute atomic E-state index is 0.938. The van der Waals surface area contributed by atoms with E-state index in [-0.39, 0.29) is 0 Å². The molecule has 0 unspecified atom stereocenters. The summed E-state index contributed by atoms with van der Waals surface area (Å²) < 4.78 is 7.60. The second-order valence-corrected chi connectivity index (χ2v) is 5.34. The predicted molar refractivity (Wildman–Crippen MR) is 67.9 cm³/mol. The second-order valence-electron chi connectivity index (χ2n) is 2.76. The Labute approximate surface area is 99.6 Å². The average Bonchev–Trinajstić information content (AvgIpc) is 2.60. The lowest BCUT2D eigenvalue weighted by Gasteiger charge is -2.04. The summed E-state index contributed by atoms with van der Waals surface area (Å²) in [4.78, 5) is 1.32. The van der Waals surface area contributed by atoms with E-state index in [0.717, 1.165) is 10.2 Å². The van der Waals surface area contributed by atoms with Crippen LogP contribution in [0.5, 0.6) is 5.75 Å². The first kappa shape index (κ1) is 10.3. The Morgan fingerprint density at radius 2 is 2.21 bits per heavy atom. The van der Waals surface area contributed by atoms with E-state index in [2.05, 4.69) is 33.6 Å². The molecule has 0 aliphatic carbocycles. The molecule has 2 rings (SSSR count). The minimum atomic E-state index is 0.938. The van der Waals surface area contributed by atoms with Gasteiger partial charge in [-0.25, -0.2) is 0 Å². The van der Waals surface area contributed by atoms with E-state index in [1.54, 1.807) is 30.2 Å². The maximum Gasteiger partial charge on any atom is 0.150 e. The maximum absolute atomic E-state index is 5.37. The van der Waals surface area contributed by atoms with Crippen LogP contribution in [0.25, 0.3) is 10.1 Å². The van der Waals surface area contributed by atoms with Gasteiger partial charge in [0.15, 0.2) is 5.75 Å². The smallest absolute Gasteiger partial charge is 0.150 e. The molecule has 0 aliphatic heterocycles. The van der Waals surface area contributed by atoms with E-state index in [1.807, 2.05) is 6.07 Å². The van der Waals surface area contributed by atoms with Crippen LogP contribution in [0.1, 0.15) is 0 Å². The fraction of sp³-hybridized carbons (Fsp3) is 0.200. The molecule has 1 aromatic heterocycles. The lowest BCUT2D eigenvalue weighted by molar-refractivity contribution is 0.418. The third kappa shape index (κ3) is 1.55. The number of benzene rings is 1. The van der Waals surface area contributed by atoms with Crippen LogP contribution in [0.4, 0.5) is 0 Å². The molecule has 0 fully saturated rings. The monoisotopic (exact) mass is 288 g/mol. The van der Waals surface area contributed by atoms with Crippen molar-refractivity contribution in [2.75, 3.05) is 13.4 Å². The molecule has 1 aromatic carbocycles. The van der Waals surface area contributed by atoms with E-state index in [9.17, 15) is 0 Å². The normalized spacial score (nSPS) is 10.8. The van der Waals surface area contributed by atoms with Crippen molar-refractivity contribution in [3.8, 4) is 5.75 Å². The van der Waals surface area contributed by atoms with Gasteiger partial charge in [-0.15, -0.1) is 23.1 Å². The number of methoxy groups -OCH3 is 1. The minimum Gasteiger partial charge on any atom is -0.494 e. The highest BCUT2D eigenvalue weighted by atomic mass is 79.9. The average molecular weight is 289 g/mol. The molecule has 0 N–H and O–H groups in total. The maximum atomic E-state index is 5.37. The Morgan fingerprint density at radius 3 is 2.86 bits per heavy atom. The highest BCUT2D eigenvalue weighted by molar-refractivity contribution is 9.10. The largest absolute Gasteiger partial charge is 0.494 e. The molecule has 2 aromatic rings. The van der Waals surface area contributed by atoms with Crippen LogP contribution in [0.15, 0.2) is 26.9 Å². The molecule has 0 saturated carbocycles. The molecular formula is C10H9BrOS2. The van der Waals surface area contributed by atoms with Crippen LogP contribution in [0, 0.1) is 0 Å². The third-order valence-electron chi connectivity index (χ3n) is 2.04. The van der Waals surface area contributed by atoms with Gasteiger partial charge in [0.2, 0.25) is 0 Å². The van der Waals surface area contributed by atoms with E-state index < -0.39 is 0 Å². The number of hydrogen-bond donors (Lipinski definition) is 0. The molecule has 1 nitrogen and oxygen atoms in total. The Bertz CT molecular complexity index is 464. The van der Waals surface area contributed by atoms with Gasteiger partial charge in [0.05, 0.1) is 16.3 Å². The van der Waals surface area contributed by atoms with Gasteiger partial charge in [0.1, 0.15) is 0 Å². The highest BCUT2D eigenvalue weighted by Gasteiger charge is 2.10. The zero-order valence-corrected chi connectivity index (χ0v) is 11.1. The van der Waals surface area contributed by atoms with Gasteiger partial charge >= 0.3 is 0 Å². The van der Waals surface area contributed by atoms with Crippen molar-refractivity contribution in [1.29, 1.82) is 0 Å². The number of ether oxygens (including phenoxy) is 1. The zero-order chi connectivity index (χ0) is 10.1. The lowest BCUT2D eigenvalue weighted by Crippen LogP contribution is -1.83. The topological polar surface area (TPSA) is 9.23 Å². The van der Waals surface area contributed by atoms with Gasteiger partial charge in [-0.2, -0.15) is 0 Å². The Morgan fingerprint density at radius 1 is 1.43 bits per heavy atom. The van der Waals surface area contributed by atoms with Crippen LogP contribution >= 0.6 is 39.0 Å². The third-order valence-corrected chi connectivity index (χ3v) is 4.58. The molecule has 74 valence electrons. The second kappa shape index (κ2) is 4.13. The molecule has 0 aliphatic rings. The Balaban J connectivity index is 2.76. The van der Waals surface area contributed by atoms with Gasteiger partial charge in [0, 0.05) is 15.7 Å². The van der Waals surface area contributed by atoms with E-state index in [4.69, 9.17) is 4.74 Å². The first-order chi connectivity index (χ1) is 6.77. The van der Waals surface area contributed by atoms with Crippen molar-refractivity contribution < 1.29 is 4.74 Å². The van der Waals surface area contributed by atoms with E-state index in [0.29, 0.717) is 0 Å². The molecule has 1 heterocycles. The summed E-state index contributed by atoms with van der Waals surface area (Å²) in [5.41, 5.74) is 0. The van der Waals surface area contributed by atoms with Crippen LogP contribution in [-0.4, -0.2) is 13.4 Å². The van der Waals surface area contributed by atoms with Crippen LogP contribution < -0.4 is 4.74 Å². The van der Waals surface area contributed by atoms with Crippen molar-refractivity contribution >= 4 is 49.1 Å². The van der Waals surface area contributed by atoms with Gasteiger partial charge in [-0.3, -0.25) is 0 Å². The molecule has 0 spiro atoms. The van der Waals surface area contributed by atoms with Crippen molar-refractivity contribution in [1.82, 2.24) is 0 Å². The molecule has 0 bridgehead atoms. The van der Waals surface area contributed by atoms with Crippen molar-refractivity contribution in [3.05, 3.63) is 22.0 Å². The van der Waals surface area contributed by atoms with Crippen LogP contribution in [0.2, 0.25) is 0 Å². The molecule has 0 saturated heterocycles. The number of thiophene rings is 1. The van der Waals surface area contributed by atoms with Crippen LogP contribution in [0.3, 0.4) is 0 Å². The summed E-state index contributed by atoms with van der Waals surface area (Å²) in [5, 5.41) is 3.45. The van der Waals surface area contributed by atoms with Gasteiger partial charge in [-0.1, -0.05) is 6.07 Å². The number of halogens is 1. The van der Waals surface area contributed by atoms with E-state index >= 15 is 0 Å². The molecule has 0 radical (unpaired) electrons. The van der Waals surface area contributed by atoms with Crippen molar-refractivity contribution in [2.24, 2.45) is 0 Å². The van der Waals surface area contributed by atoms with E-state index in [1.165, 1.54) is 15.0 Å². The standard InChI is InChI=1S/C10H9BrOS2/c1-12-9-7(11)4-3-6-8(13-2)5-14-10(6)9/h3-5H,1-2H3. The number of fused-ring (bicyclic) bond motifs is 1. The van der Waals surface area contributed by atoms with Gasteiger partial charge in [-0.05, 0) is 28.3 Å². The summed E-state index contributed by atoms with van der Waals surface area (Å²) >= 11 is 6.98. The summed E-state index contributed by atoms with van der Waals surface area (Å²) in [7, 11) is 1.71. The molecule has 14 heavy (non-hydrogen) atoms. The lowest BCUT2D eigenvalue weighted by atomic mass is 10.2. The molecular weight excluding hydrogens is 280 g/mol. The summed E-state index contributed by atoms with van der Waals surface area (Å²) in [6, 6.07) is 4.16. The Kier molecular flexibility index (Phi) is 3.04. The van der Waals surface area contributed by atoms with Crippen molar-refractivity contribution in [3.63, 3.8) is 0 Å². The fourth-order valence-corrected chi connectivity index (χ4v) is 3.94. The number of thioether (sulfide) groups is 1.